The van der Waals surface area contributed by atoms with Crippen LogP contribution in [0.25, 0.3) is 0 Å². The zero-order valence-electron chi connectivity index (χ0n) is 8.14. The van der Waals surface area contributed by atoms with Crippen molar-refractivity contribution in [3.05, 3.63) is 10.9 Å². The van der Waals surface area contributed by atoms with Gasteiger partial charge in [-0.3, -0.25) is 0 Å². The summed E-state index contributed by atoms with van der Waals surface area (Å²) in [5.74, 6) is 1.00. The molecule has 0 fully saturated rings. The predicted octanol–water partition coefficient (Wildman–Crippen LogP) is 2.92. The first-order valence-corrected chi connectivity index (χ1v) is 5.02. The monoisotopic (exact) mass is 184 g/mol. The Morgan fingerprint density at radius 3 is 2.58 bits per heavy atom. The fourth-order valence-corrected chi connectivity index (χ4v) is 1.53. The van der Waals surface area contributed by atoms with E-state index in [0.29, 0.717) is 0 Å². The molecule has 0 aliphatic rings. The van der Waals surface area contributed by atoms with Crippen molar-refractivity contribution in [2.24, 2.45) is 0 Å². The summed E-state index contributed by atoms with van der Waals surface area (Å²) < 4.78 is 4.30. The lowest BCUT2D eigenvalue weighted by Crippen LogP contribution is -2.26. The van der Waals surface area contributed by atoms with Crippen molar-refractivity contribution >= 4 is 17.4 Å². The summed E-state index contributed by atoms with van der Waals surface area (Å²) in [5, 5.41) is 3.34. The van der Waals surface area contributed by atoms with Crippen LogP contribution in [0.2, 0.25) is 0 Å². The average molecular weight is 184 g/mol. The van der Waals surface area contributed by atoms with Gasteiger partial charge in [-0.15, -0.1) is 0 Å². The molecule has 0 bridgehead atoms. The minimum absolute atomic E-state index is 0.110. The summed E-state index contributed by atoms with van der Waals surface area (Å²) in [7, 11) is 0. The van der Waals surface area contributed by atoms with Crippen molar-refractivity contribution in [3.8, 4) is 0 Å². The van der Waals surface area contributed by atoms with Gasteiger partial charge in [0.2, 0.25) is 0 Å². The van der Waals surface area contributed by atoms with Gasteiger partial charge in [-0.25, -0.2) is 0 Å². The van der Waals surface area contributed by atoms with Gasteiger partial charge in [-0.05, 0) is 44.8 Å². The number of anilines is 1. The van der Waals surface area contributed by atoms with Crippen LogP contribution in [0.5, 0.6) is 0 Å². The van der Waals surface area contributed by atoms with E-state index in [2.05, 4.69) is 43.5 Å². The van der Waals surface area contributed by atoms with Crippen LogP contribution in [0, 0.1) is 0 Å². The minimum Gasteiger partial charge on any atom is -0.365 e. The SMILES string of the molecule is CCc1cc(NC(C)(C)C)ns1. The number of rotatable bonds is 2. The van der Waals surface area contributed by atoms with Crippen LogP contribution in [0.4, 0.5) is 5.82 Å². The zero-order chi connectivity index (χ0) is 9.19. The maximum Gasteiger partial charge on any atom is 0.140 e. The maximum atomic E-state index is 4.30. The highest BCUT2D eigenvalue weighted by molar-refractivity contribution is 7.06. The molecule has 2 nitrogen and oxygen atoms in total. The van der Waals surface area contributed by atoms with E-state index < -0.39 is 0 Å². The molecule has 0 atom stereocenters. The van der Waals surface area contributed by atoms with Gasteiger partial charge < -0.3 is 5.32 Å². The molecule has 0 radical (unpaired) electrons. The van der Waals surface area contributed by atoms with E-state index in [9.17, 15) is 0 Å². The van der Waals surface area contributed by atoms with E-state index in [1.165, 1.54) is 4.88 Å². The lowest BCUT2D eigenvalue weighted by Gasteiger charge is -2.19. The van der Waals surface area contributed by atoms with Gasteiger partial charge in [0.05, 0.1) is 0 Å². The molecule has 1 aromatic heterocycles. The Morgan fingerprint density at radius 2 is 2.17 bits per heavy atom. The summed E-state index contributed by atoms with van der Waals surface area (Å²) in [6.45, 7) is 8.56. The Kier molecular flexibility index (Phi) is 2.73. The third-order valence-electron chi connectivity index (χ3n) is 1.41. The summed E-state index contributed by atoms with van der Waals surface area (Å²) in [5.41, 5.74) is 0.110. The lowest BCUT2D eigenvalue weighted by molar-refractivity contribution is 0.631. The molecule has 1 aromatic rings. The van der Waals surface area contributed by atoms with Crippen LogP contribution in [-0.2, 0) is 6.42 Å². The fraction of sp³-hybridized carbons (Fsp3) is 0.667. The van der Waals surface area contributed by atoms with E-state index in [1.807, 2.05) is 0 Å². The second-order valence-corrected chi connectivity index (χ2v) is 4.80. The van der Waals surface area contributed by atoms with Crippen LogP contribution < -0.4 is 5.32 Å². The van der Waals surface area contributed by atoms with Gasteiger partial charge >= 0.3 is 0 Å². The average Bonchev–Trinajstić information content (AvgIpc) is 2.32. The molecule has 1 heterocycles. The highest BCUT2D eigenvalue weighted by Crippen LogP contribution is 2.18. The Labute approximate surface area is 78.2 Å². The second-order valence-electron chi connectivity index (χ2n) is 3.91. The molecule has 0 saturated heterocycles. The number of nitrogens with zero attached hydrogens (tertiary/aromatic N) is 1. The molecule has 0 saturated carbocycles. The molecule has 0 spiro atoms. The van der Waals surface area contributed by atoms with E-state index in [4.69, 9.17) is 0 Å². The standard InChI is InChI=1S/C9H16N2S/c1-5-7-6-8(11-12-7)10-9(2,3)4/h6H,5H2,1-4H3,(H,10,11). The normalized spacial score (nSPS) is 11.7. The van der Waals surface area contributed by atoms with Crippen LogP contribution in [0.1, 0.15) is 32.6 Å². The van der Waals surface area contributed by atoms with Crippen LogP contribution in [0.15, 0.2) is 6.07 Å². The Morgan fingerprint density at radius 1 is 1.50 bits per heavy atom. The van der Waals surface area contributed by atoms with Crippen molar-refractivity contribution < 1.29 is 0 Å². The predicted molar refractivity (Wildman–Crippen MR) is 54.9 cm³/mol. The highest BCUT2D eigenvalue weighted by atomic mass is 32.1. The number of nitrogens with one attached hydrogen (secondary N) is 1. The fourth-order valence-electron chi connectivity index (χ4n) is 0.923. The van der Waals surface area contributed by atoms with E-state index in [0.717, 1.165) is 12.2 Å². The topological polar surface area (TPSA) is 24.9 Å². The molecule has 0 aromatic carbocycles. The van der Waals surface area contributed by atoms with Crippen molar-refractivity contribution in [1.82, 2.24) is 4.37 Å². The highest BCUT2D eigenvalue weighted by Gasteiger charge is 2.10. The Bertz CT molecular complexity index is 247. The van der Waals surface area contributed by atoms with Crippen molar-refractivity contribution in [2.45, 2.75) is 39.7 Å². The van der Waals surface area contributed by atoms with E-state index in [-0.39, 0.29) is 5.54 Å². The number of aryl methyl sites for hydroxylation is 1. The second kappa shape index (κ2) is 3.44. The van der Waals surface area contributed by atoms with Crippen LogP contribution in [-0.4, -0.2) is 9.91 Å². The summed E-state index contributed by atoms with van der Waals surface area (Å²) in [4.78, 5) is 1.33. The minimum atomic E-state index is 0.110. The lowest BCUT2D eigenvalue weighted by atomic mass is 10.1. The molecule has 3 heteroatoms. The van der Waals surface area contributed by atoms with Gasteiger partial charge in [-0.2, -0.15) is 4.37 Å². The molecule has 1 N–H and O–H groups in total. The van der Waals surface area contributed by atoms with Gasteiger partial charge in [0.15, 0.2) is 0 Å². The van der Waals surface area contributed by atoms with Crippen molar-refractivity contribution in [3.63, 3.8) is 0 Å². The third kappa shape index (κ3) is 2.81. The van der Waals surface area contributed by atoms with Crippen molar-refractivity contribution in [2.75, 3.05) is 5.32 Å². The summed E-state index contributed by atoms with van der Waals surface area (Å²) in [6, 6.07) is 2.12. The molecule has 0 aliphatic carbocycles. The van der Waals surface area contributed by atoms with E-state index in [1.54, 1.807) is 11.5 Å². The Balaban J connectivity index is 2.64. The first-order valence-electron chi connectivity index (χ1n) is 4.25. The maximum absolute atomic E-state index is 4.30. The molecular weight excluding hydrogens is 168 g/mol. The van der Waals surface area contributed by atoms with E-state index >= 15 is 0 Å². The number of aromatic nitrogens is 1. The Hall–Kier alpha value is -0.570. The van der Waals surface area contributed by atoms with Crippen molar-refractivity contribution in [1.29, 1.82) is 0 Å². The summed E-state index contributed by atoms with van der Waals surface area (Å²) in [6.07, 6.45) is 1.07. The van der Waals surface area contributed by atoms with Crippen LogP contribution >= 0.6 is 11.5 Å². The van der Waals surface area contributed by atoms with Gasteiger partial charge in [-0.1, -0.05) is 6.92 Å². The molecule has 0 amide bonds. The molecule has 1 rings (SSSR count). The van der Waals surface area contributed by atoms with Crippen LogP contribution in [0.3, 0.4) is 0 Å². The molecule has 68 valence electrons. The zero-order valence-corrected chi connectivity index (χ0v) is 8.96. The molecule has 12 heavy (non-hydrogen) atoms. The first-order chi connectivity index (χ1) is 5.51. The number of hydrogen-bond acceptors (Lipinski definition) is 3. The smallest absolute Gasteiger partial charge is 0.140 e. The summed E-state index contributed by atoms with van der Waals surface area (Å²) >= 11 is 1.58. The quantitative estimate of drug-likeness (QED) is 0.764. The number of hydrogen-bond donors (Lipinski definition) is 1. The third-order valence-corrected chi connectivity index (χ3v) is 2.34. The van der Waals surface area contributed by atoms with Gasteiger partial charge in [0.25, 0.3) is 0 Å². The molecule has 0 unspecified atom stereocenters. The largest absolute Gasteiger partial charge is 0.365 e. The van der Waals surface area contributed by atoms with Gasteiger partial charge in [0, 0.05) is 10.4 Å². The first kappa shape index (κ1) is 9.52. The molecule has 0 aliphatic heterocycles. The van der Waals surface area contributed by atoms with Gasteiger partial charge in [0.1, 0.15) is 5.82 Å². The molecular formula is C9H16N2S.